The number of rotatable bonds is 5. The lowest BCUT2D eigenvalue weighted by atomic mass is 10.2. The highest BCUT2D eigenvalue weighted by molar-refractivity contribution is 7.09. The molecule has 0 bridgehead atoms. The molecule has 0 fully saturated rings. The lowest BCUT2D eigenvalue weighted by Gasteiger charge is -2.23. The van der Waals surface area contributed by atoms with Gasteiger partial charge in [0, 0.05) is 36.2 Å². The van der Waals surface area contributed by atoms with Crippen LogP contribution in [-0.2, 0) is 0 Å². The molecule has 0 saturated heterocycles. The summed E-state index contributed by atoms with van der Waals surface area (Å²) < 4.78 is 0. The quantitative estimate of drug-likeness (QED) is 0.770. The maximum Gasteiger partial charge on any atom is 0.257 e. The summed E-state index contributed by atoms with van der Waals surface area (Å²) in [6.07, 6.45) is 4.86. The Hall–Kier alpha value is -2.80. The molecule has 2 heterocycles. The van der Waals surface area contributed by atoms with E-state index >= 15 is 0 Å². The van der Waals surface area contributed by atoms with Crippen LogP contribution < -0.4 is 5.32 Å². The van der Waals surface area contributed by atoms with Crippen molar-refractivity contribution in [2.75, 3.05) is 12.4 Å². The van der Waals surface area contributed by atoms with Crippen molar-refractivity contribution >= 4 is 28.9 Å². The molecule has 7 heteroatoms. The fraction of sp³-hybridized carbons (Fsp3) is 0.176. The molecule has 0 spiro atoms. The molecule has 2 aromatic heterocycles. The van der Waals surface area contributed by atoms with Gasteiger partial charge in [-0.1, -0.05) is 18.2 Å². The largest absolute Gasteiger partial charge is 0.334 e. The Kier molecular flexibility index (Phi) is 4.81. The minimum atomic E-state index is -0.123. The molecule has 1 atom stereocenters. The van der Waals surface area contributed by atoms with Gasteiger partial charge in [-0.05, 0) is 19.1 Å². The summed E-state index contributed by atoms with van der Waals surface area (Å²) in [4.78, 5) is 27.8. The highest BCUT2D eigenvalue weighted by atomic mass is 32.1. The predicted octanol–water partition coefficient (Wildman–Crippen LogP) is 3.51. The highest BCUT2D eigenvalue weighted by Gasteiger charge is 2.20. The van der Waals surface area contributed by atoms with Crippen LogP contribution in [0.3, 0.4) is 0 Å². The lowest BCUT2D eigenvalue weighted by Crippen LogP contribution is -2.29. The number of hydrogen-bond donors (Lipinski definition) is 1. The number of carbonyl (C=O) groups excluding carboxylic acids is 1. The topological polar surface area (TPSA) is 71.0 Å². The fourth-order valence-corrected chi connectivity index (χ4v) is 2.88. The number of benzene rings is 1. The number of hydrogen-bond acceptors (Lipinski definition) is 6. The minimum Gasteiger partial charge on any atom is -0.334 e. The van der Waals surface area contributed by atoms with Crippen LogP contribution in [-0.4, -0.2) is 32.8 Å². The van der Waals surface area contributed by atoms with Gasteiger partial charge in [-0.25, -0.2) is 9.97 Å². The summed E-state index contributed by atoms with van der Waals surface area (Å²) >= 11 is 1.53. The molecule has 0 unspecified atom stereocenters. The minimum absolute atomic E-state index is 0.0490. The zero-order valence-corrected chi connectivity index (χ0v) is 14.2. The van der Waals surface area contributed by atoms with Gasteiger partial charge in [0.2, 0.25) is 5.95 Å². The first-order valence-electron chi connectivity index (χ1n) is 7.45. The third-order valence-electron chi connectivity index (χ3n) is 3.69. The number of para-hydroxylation sites is 1. The second-order valence-electron chi connectivity index (χ2n) is 5.28. The summed E-state index contributed by atoms with van der Waals surface area (Å²) in [6.45, 7) is 1.97. The lowest BCUT2D eigenvalue weighted by molar-refractivity contribution is 0.0744. The zero-order chi connectivity index (χ0) is 16.9. The molecule has 1 aromatic carbocycles. The highest BCUT2D eigenvalue weighted by Crippen LogP contribution is 2.23. The molecule has 3 aromatic rings. The molecule has 0 aliphatic heterocycles. The van der Waals surface area contributed by atoms with Crippen molar-refractivity contribution in [2.45, 2.75) is 13.0 Å². The molecule has 6 nitrogen and oxygen atoms in total. The van der Waals surface area contributed by atoms with Gasteiger partial charge in [-0.2, -0.15) is 0 Å². The van der Waals surface area contributed by atoms with Gasteiger partial charge in [0.1, 0.15) is 0 Å². The predicted molar refractivity (Wildman–Crippen MR) is 94.4 cm³/mol. The van der Waals surface area contributed by atoms with Crippen LogP contribution in [0, 0.1) is 0 Å². The molecule has 1 N–H and O–H groups in total. The van der Waals surface area contributed by atoms with E-state index < -0.39 is 0 Å². The number of amides is 1. The number of thiazole rings is 1. The van der Waals surface area contributed by atoms with Crippen LogP contribution in [0.25, 0.3) is 0 Å². The summed E-state index contributed by atoms with van der Waals surface area (Å²) in [7, 11) is 1.77. The first-order chi connectivity index (χ1) is 11.6. The van der Waals surface area contributed by atoms with Crippen molar-refractivity contribution in [3.05, 3.63) is 64.9 Å². The van der Waals surface area contributed by atoms with Crippen molar-refractivity contribution in [1.29, 1.82) is 0 Å². The maximum absolute atomic E-state index is 12.6. The van der Waals surface area contributed by atoms with Gasteiger partial charge in [-0.3, -0.25) is 9.78 Å². The third-order valence-corrected chi connectivity index (χ3v) is 4.64. The third kappa shape index (κ3) is 3.57. The average Bonchev–Trinajstić information content (AvgIpc) is 3.16. The first-order valence-corrected chi connectivity index (χ1v) is 8.33. The smallest absolute Gasteiger partial charge is 0.257 e. The van der Waals surface area contributed by atoms with Gasteiger partial charge < -0.3 is 10.2 Å². The van der Waals surface area contributed by atoms with Crippen molar-refractivity contribution in [3.8, 4) is 0 Å². The van der Waals surface area contributed by atoms with E-state index in [0.717, 1.165) is 10.6 Å². The van der Waals surface area contributed by atoms with Crippen LogP contribution >= 0.6 is 11.3 Å². The van der Waals surface area contributed by atoms with Gasteiger partial charge in [0.25, 0.3) is 5.91 Å². The van der Waals surface area contributed by atoms with Crippen LogP contribution in [0.2, 0.25) is 0 Å². The van der Waals surface area contributed by atoms with Crippen LogP contribution in [0.15, 0.2) is 54.4 Å². The molecule has 0 radical (unpaired) electrons. The summed E-state index contributed by atoms with van der Waals surface area (Å²) in [5.41, 5.74) is 3.11. The molecular weight excluding hydrogens is 322 g/mol. The average molecular weight is 339 g/mol. The summed E-state index contributed by atoms with van der Waals surface area (Å²) in [5, 5.41) is 3.09. The maximum atomic E-state index is 12.6. The molecule has 122 valence electrons. The van der Waals surface area contributed by atoms with Crippen LogP contribution in [0.4, 0.5) is 11.6 Å². The van der Waals surface area contributed by atoms with E-state index in [1.165, 1.54) is 23.7 Å². The number of carbonyl (C=O) groups is 1. The molecule has 0 aliphatic rings. The Morgan fingerprint density at radius 1 is 1.17 bits per heavy atom. The zero-order valence-electron chi connectivity index (χ0n) is 13.4. The molecule has 24 heavy (non-hydrogen) atoms. The van der Waals surface area contributed by atoms with Crippen molar-refractivity contribution < 1.29 is 4.79 Å². The van der Waals surface area contributed by atoms with Crippen molar-refractivity contribution in [3.63, 3.8) is 0 Å². The van der Waals surface area contributed by atoms with E-state index in [1.54, 1.807) is 23.7 Å². The molecule has 3 rings (SSSR count). The number of nitrogens with zero attached hydrogens (tertiary/aromatic N) is 4. The number of anilines is 2. The van der Waals surface area contributed by atoms with E-state index in [-0.39, 0.29) is 11.9 Å². The molecular formula is C17H17N5OS. The van der Waals surface area contributed by atoms with Gasteiger partial charge in [-0.15, -0.1) is 11.3 Å². The van der Waals surface area contributed by atoms with Gasteiger partial charge in [0.15, 0.2) is 0 Å². The molecule has 0 aliphatic carbocycles. The van der Waals surface area contributed by atoms with Crippen LogP contribution in [0.1, 0.15) is 28.2 Å². The van der Waals surface area contributed by atoms with Gasteiger partial charge in [0.05, 0.1) is 17.1 Å². The SMILES string of the molecule is C[C@H](c1cncs1)N(C)C(=O)c1cnc(Nc2ccccc2)nc1. The van der Waals surface area contributed by atoms with E-state index in [1.807, 2.05) is 37.3 Å². The van der Waals surface area contributed by atoms with Gasteiger partial charge >= 0.3 is 0 Å². The second kappa shape index (κ2) is 7.18. The Balaban J connectivity index is 1.69. The summed E-state index contributed by atoms with van der Waals surface area (Å²) in [5.74, 6) is 0.332. The summed E-state index contributed by atoms with van der Waals surface area (Å²) in [6, 6.07) is 9.59. The van der Waals surface area contributed by atoms with E-state index in [9.17, 15) is 4.79 Å². The normalized spacial score (nSPS) is 11.8. The Morgan fingerprint density at radius 3 is 2.50 bits per heavy atom. The Morgan fingerprint density at radius 2 is 1.88 bits per heavy atom. The first kappa shape index (κ1) is 16.1. The fourth-order valence-electron chi connectivity index (χ4n) is 2.16. The Bertz CT molecular complexity index is 790. The van der Waals surface area contributed by atoms with E-state index in [2.05, 4.69) is 20.3 Å². The molecule has 0 saturated carbocycles. The Labute approximate surface area is 144 Å². The number of nitrogens with one attached hydrogen (secondary N) is 1. The van der Waals surface area contributed by atoms with E-state index in [4.69, 9.17) is 0 Å². The van der Waals surface area contributed by atoms with Crippen molar-refractivity contribution in [2.24, 2.45) is 0 Å². The standard InChI is InChI=1S/C17H17N5OS/c1-12(15-10-18-11-24-15)22(2)16(23)13-8-19-17(20-9-13)21-14-6-4-3-5-7-14/h3-12H,1-2H3,(H,19,20,21)/t12-/m1/s1. The van der Waals surface area contributed by atoms with E-state index in [0.29, 0.717) is 11.5 Å². The monoisotopic (exact) mass is 339 g/mol. The second-order valence-corrected chi connectivity index (χ2v) is 6.20. The number of aromatic nitrogens is 3. The van der Waals surface area contributed by atoms with Crippen LogP contribution in [0.5, 0.6) is 0 Å². The molecule has 1 amide bonds. The van der Waals surface area contributed by atoms with Crippen molar-refractivity contribution in [1.82, 2.24) is 19.9 Å².